The van der Waals surface area contributed by atoms with E-state index in [1.54, 1.807) is 30.3 Å². The first-order chi connectivity index (χ1) is 10.8. The third-order valence-electron chi connectivity index (χ3n) is 2.76. The summed E-state index contributed by atoms with van der Waals surface area (Å²) < 4.78 is 52.7. The first-order valence-electron chi connectivity index (χ1n) is 6.27. The molecule has 0 saturated carbocycles. The van der Waals surface area contributed by atoms with Crippen LogP contribution in [0.4, 0.5) is 14.5 Å². The van der Waals surface area contributed by atoms with Crippen LogP contribution >= 0.6 is 0 Å². The Labute approximate surface area is 130 Å². The number of carboxylic acids is 1. The Balaban J connectivity index is 2.24. The second-order valence-electron chi connectivity index (χ2n) is 4.48. The van der Waals surface area contributed by atoms with E-state index in [2.05, 4.69) is 0 Å². The molecule has 2 aromatic rings. The van der Waals surface area contributed by atoms with Gasteiger partial charge in [-0.05, 0) is 23.8 Å². The Kier molecular flexibility index (Phi) is 4.75. The number of hydrogen-bond donors (Lipinski definition) is 2. The number of carboxylic acid groups (broad SMARTS) is 1. The Morgan fingerprint density at radius 3 is 2.17 bits per heavy atom. The van der Waals surface area contributed by atoms with Crippen LogP contribution in [0, 0.1) is 11.6 Å². The summed E-state index contributed by atoms with van der Waals surface area (Å²) in [6.07, 6.45) is 1.31. The minimum Gasteiger partial charge on any atom is -0.477 e. The molecule has 120 valence electrons. The Bertz CT molecular complexity index is 841. The number of halogens is 2. The van der Waals surface area contributed by atoms with Crippen molar-refractivity contribution in [1.82, 2.24) is 0 Å². The molecule has 2 rings (SSSR count). The summed E-state index contributed by atoms with van der Waals surface area (Å²) in [4.78, 5) is 10.7. The minimum atomic E-state index is -4.01. The van der Waals surface area contributed by atoms with Crippen molar-refractivity contribution in [2.45, 2.75) is 0 Å². The van der Waals surface area contributed by atoms with Gasteiger partial charge in [0.25, 0.3) is 10.0 Å². The second kappa shape index (κ2) is 6.57. The van der Waals surface area contributed by atoms with E-state index in [1.807, 2.05) is 4.72 Å². The lowest BCUT2D eigenvalue weighted by molar-refractivity contribution is 0.0686. The highest BCUT2D eigenvalue weighted by molar-refractivity contribution is 7.95. The van der Waals surface area contributed by atoms with Gasteiger partial charge in [0, 0.05) is 0 Å². The number of benzene rings is 2. The van der Waals surface area contributed by atoms with Crippen molar-refractivity contribution < 1.29 is 27.1 Å². The third kappa shape index (κ3) is 4.36. The molecule has 5 nitrogen and oxygen atoms in total. The van der Waals surface area contributed by atoms with Gasteiger partial charge in [-0.2, -0.15) is 0 Å². The van der Waals surface area contributed by atoms with Crippen molar-refractivity contribution in [3.63, 3.8) is 0 Å². The summed E-state index contributed by atoms with van der Waals surface area (Å²) in [7, 11) is -4.01. The number of sulfonamides is 1. The molecule has 0 aromatic heterocycles. The lowest BCUT2D eigenvalue weighted by Crippen LogP contribution is -2.11. The van der Waals surface area contributed by atoms with E-state index in [-0.39, 0.29) is 0 Å². The van der Waals surface area contributed by atoms with Gasteiger partial charge >= 0.3 is 5.97 Å². The van der Waals surface area contributed by atoms with E-state index in [0.717, 1.165) is 5.41 Å². The number of nitrogens with one attached hydrogen (secondary N) is 1. The molecule has 0 heterocycles. The predicted molar refractivity (Wildman–Crippen MR) is 81.3 cm³/mol. The fourth-order valence-electron chi connectivity index (χ4n) is 1.77. The fourth-order valence-corrected chi connectivity index (χ4v) is 2.62. The highest BCUT2D eigenvalue weighted by Crippen LogP contribution is 2.20. The minimum absolute atomic E-state index is 0.414. The first kappa shape index (κ1) is 16.6. The molecule has 0 bridgehead atoms. The topological polar surface area (TPSA) is 83.5 Å². The van der Waals surface area contributed by atoms with Crippen LogP contribution in [0.3, 0.4) is 0 Å². The maximum absolute atomic E-state index is 13.5. The van der Waals surface area contributed by atoms with Gasteiger partial charge in [-0.25, -0.2) is 22.0 Å². The number of aromatic carboxylic acids is 1. The first-order valence-corrected chi connectivity index (χ1v) is 7.81. The van der Waals surface area contributed by atoms with E-state index < -0.39 is 38.9 Å². The zero-order valence-electron chi connectivity index (χ0n) is 11.5. The molecule has 2 N–H and O–H groups in total. The molecule has 0 amide bonds. The molecule has 2 aromatic carbocycles. The normalized spacial score (nSPS) is 11.6. The molecule has 0 unspecified atom stereocenters. The molecule has 0 spiro atoms. The SMILES string of the molecule is O=C(O)c1c(F)cc(NS(=O)(=O)C=Cc2ccccc2)cc1F. The summed E-state index contributed by atoms with van der Waals surface area (Å²) in [5.74, 6) is -4.53. The number of hydrogen-bond acceptors (Lipinski definition) is 3. The maximum atomic E-state index is 13.5. The molecule has 0 saturated heterocycles. The van der Waals surface area contributed by atoms with E-state index in [4.69, 9.17) is 5.11 Å². The molecule has 0 atom stereocenters. The Morgan fingerprint density at radius 1 is 1.09 bits per heavy atom. The van der Waals surface area contributed by atoms with Crippen LogP contribution in [-0.4, -0.2) is 19.5 Å². The van der Waals surface area contributed by atoms with Gasteiger partial charge in [0.15, 0.2) is 0 Å². The van der Waals surface area contributed by atoms with Crippen molar-refractivity contribution >= 4 is 27.8 Å². The van der Waals surface area contributed by atoms with Gasteiger partial charge in [0.05, 0.1) is 11.1 Å². The van der Waals surface area contributed by atoms with Crippen LogP contribution < -0.4 is 4.72 Å². The van der Waals surface area contributed by atoms with Crippen LogP contribution in [0.5, 0.6) is 0 Å². The van der Waals surface area contributed by atoms with Crippen LogP contribution in [0.2, 0.25) is 0 Å². The van der Waals surface area contributed by atoms with Crippen LogP contribution in [0.15, 0.2) is 47.9 Å². The largest absolute Gasteiger partial charge is 0.477 e. The molecule has 0 aliphatic carbocycles. The summed E-state index contributed by atoms with van der Waals surface area (Å²) in [5, 5.41) is 9.49. The molecular weight excluding hydrogens is 328 g/mol. The molecular formula is C15H11F2NO4S. The standard InChI is InChI=1S/C15H11F2NO4S/c16-12-8-11(9-13(17)14(12)15(19)20)18-23(21,22)7-6-10-4-2-1-3-5-10/h1-9,18H,(H,19,20). The molecule has 0 radical (unpaired) electrons. The Hall–Kier alpha value is -2.74. The number of anilines is 1. The second-order valence-corrected chi connectivity index (χ2v) is 6.05. The van der Waals surface area contributed by atoms with Crippen molar-refractivity contribution in [1.29, 1.82) is 0 Å². The average Bonchev–Trinajstić information content (AvgIpc) is 2.44. The van der Waals surface area contributed by atoms with Crippen LogP contribution in [-0.2, 0) is 10.0 Å². The predicted octanol–water partition coefficient (Wildman–Crippen LogP) is 3.08. The molecule has 8 heteroatoms. The van der Waals surface area contributed by atoms with Crippen molar-refractivity contribution in [2.24, 2.45) is 0 Å². The highest BCUT2D eigenvalue weighted by Gasteiger charge is 2.19. The van der Waals surface area contributed by atoms with Crippen molar-refractivity contribution in [3.8, 4) is 0 Å². The Morgan fingerprint density at radius 2 is 1.65 bits per heavy atom. The van der Waals surface area contributed by atoms with Crippen LogP contribution in [0.25, 0.3) is 6.08 Å². The van der Waals surface area contributed by atoms with E-state index >= 15 is 0 Å². The van der Waals surface area contributed by atoms with Gasteiger partial charge < -0.3 is 5.11 Å². The van der Waals surface area contributed by atoms with Gasteiger partial charge in [-0.1, -0.05) is 30.3 Å². The van der Waals surface area contributed by atoms with E-state index in [1.165, 1.54) is 6.08 Å². The van der Waals surface area contributed by atoms with Gasteiger partial charge in [-0.15, -0.1) is 0 Å². The third-order valence-corrected chi connectivity index (χ3v) is 3.77. The number of carbonyl (C=O) groups is 1. The van der Waals surface area contributed by atoms with Crippen molar-refractivity contribution in [2.75, 3.05) is 4.72 Å². The smallest absolute Gasteiger partial charge is 0.341 e. The summed E-state index contributed by atoms with van der Waals surface area (Å²) >= 11 is 0. The molecule has 0 fully saturated rings. The quantitative estimate of drug-likeness (QED) is 0.877. The summed E-state index contributed by atoms with van der Waals surface area (Å²) in [5.41, 5.74) is -0.938. The molecule has 0 aliphatic heterocycles. The van der Waals surface area contributed by atoms with E-state index in [9.17, 15) is 22.0 Å². The average molecular weight is 339 g/mol. The summed E-state index contributed by atoms with van der Waals surface area (Å²) in [6, 6.07) is 9.74. The highest BCUT2D eigenvalue weighted by atomic mass is 32.2. The maximum Gasteiger partial charge on any atom is 0.341 e. The lowest BCUT2D eigenvalue weighted by atomic mass is 10.2. The van der Waals surface area contributed by atoms with Gasteiger partial charge in [-0.3, -0.25) is 4.72 Å². The zero-order valence-corrected chi connectivity index (χ0v) is 12.3. The van der Waals surface area contributed by atoms with Crippen molar-refractivity contribution in [3.05, 3.63) is 70.6 Å². The monoisotopic (exact) mass is 339 g/mol. The zero-order chi connectivity index (χ0) is 17.0. The van der Waals surface area contributed by atoms with Gasteiger partial charge in [0.1, 0.15) is 17.2 Å². The lowest BCUT2D eigenvalue weighted by Gasteiger charge is -2.07. The molecule has 0 aliphatic rings. The van der Waals surface area contributed by atoms with Crippen LogP contribution in [0.1, 0.15) is 15.9 Å². The molecule has 23 heavy (non-hydrogen) atoms. The van der Waals surface area contributed by atoms with Gasteiger partial charge in [0.2, 0.25) is 0 Å². The number of rotatable bonds is 5. The summed E-state index contributed by atoms with van der Waals surface area (Å²) in [6.45, 7) is 0. The van der Waals surface area contributed by atoms with E-state index in [0.29, 0.717) is 17.7 Å². The fraction of sp³-hybridized carbons (Fsp3) is 0.